The van der Waals surface area contributed by atoms with Gasteiger partial charge in [0.25, 0.3) is 11.6 Å². The molecule has 18 heavy (non-hydrogen) atoms. The van der Waals surface area contributed by atoms with Crippen molar-refractivity contribution in [2.24, 2.45) is 4.99 Å². The lowest BCUT2D eigenvalue weighted by atomic mass is 10.2. The van der Waals surface area contributed by atoms with E-state index in [1.807, 2.05) is 6.92 Å². The van der Waals surface area contributed by atoms with Crippen molar-refractivity contribution in [3.05, 3.63) is 39.9 Å². The molecule has 1 N–H and O–H groups in total. The molecule has 0 saturated heterocycles. The summed E-state index contributed by atoms with van der Waals surface area (Å²) >= 11 is 1.51. The number of nitrogens with zero attached hydrogens (tertiary/aromatic N) is 2. The average molecular weight is 265 g/mol. The van der Waals surface area contributed by atoms with Crippen LogP contribution in [-0.2, 0) is 0 Å². The molecule has 6 nitrogen and oxygen atoms in total. The number of hydrogen-bond acceptors (Lipinski definition) is 5. The zero-order valence-electron chi connectivity index (χ0n) is 9.62. The molecule has 0 aromatic heterocycles. The smallest absolute Gasteiger partial charge is 0.269 e. The topological polar surface area (TPSA) is 84.6 Å². The van der Waals surface area contributed by atoms with Gasteiger partial charge in [0.05, 0.1) is 11.5 Å². The van der Waals surface area contributed by atoms with Gasteiger partial charge in [-0.25, -0.2) is 0 Å². The van der Waals surface area contributed by atoms with E-state index < -0.39 is 4.92 Å². The Hall–Kier alpha value is -1.89. The molecule has 1 atom stereocenters. The van der Waals surface area contributed by atoms with Gasteiger partial charge in [0.2, 0.25) is 0 Å². The Bertz CT molecular complexity index is 513. The molecule has 0 bridgehead atoms. The van der Waals surface area contributed by atoms with Crippen molar-refractivity contribution >= 4 is 28.5 Å². The summed E-state index contributed by atoms with van der Waals surface area (Å²) in [6.07, 6.45) is 0. The van der Waals surface area contributed by atoms with Crippen molar-refractivity contribution in [1.29, 1.82) is 0 Å². The maximum atomic E-state index is 11.8. The minimum absolute atomic E-state index is 0.0345. The zero-order chi connectivity index (χ0) is 13.1. The number of nitro groups is 1. The van der Waals surface area contributed by atoms with Crippen LogP contribution in [0.2, 0.25) is 0 Å². The van der Waals surface area contributed by atoms with Crippen LogP contribution in [0.1, 0.15) is 17.3 Å². The van der Waals surface area contributed by atoms with Gasteiger partial charge >= 0.3 is 0 Å². The number of nitrogens with one attached hydrogen (secondary N) is 1. The predicted molar refractivity (Wildman–Crippen MR) is 69.9 cm³/mol. The van der Waals surface area contributed by atoms with Gasteiger partial charge in [0, 0.05) is 22.9 Å². The fourth-order valence-electron chi connectivity index (χ4n) is 1.45. The minimum atomic E-state index is -0.500. The van der Waals surface area contributed by atoms with Crippen LogP contribution in [0.5, 0.6) is 0 Å². The van der Waals surface area contributed by atoms with Gasteiger partial charge in [0.15, 0.2) is 5.17 Å². The van der Waals surface area contributed by atoms with E-state index in [9.17, 15) is 14.9 Å². The molecule has 0 aliphatic carbocycles. The number of non-ortho nitro benzene ring substituents is 1. The second kappa shape index (κ2) is 5.18. The Balaban J connectivity index is 2.03. The van der Waals surface area contributed by atoms with Crippen LogP contribution in [0.4, 0.5) is 5.69 Å². The fraction of sp³-hybridized carbons (Fsp3) is 0.273. The molecule has 1 aliphatic rings. The van der Waals surface area contributed by atoms with Crippen molar-refractivity contribution in [3.63, 3.8) is 0 Å². The molecule has 1 heterocycles. The molecule has 1 amide bonds. The molecule has 1 aromatic rings. The molecule has 0 unspecified atom stereocenters. The molecular formula is C11H11N3O3S. The lowest BCUT2D eigenvalue weighted by Crippen LogP contribution is -2.27. The Morgan fingerprint density at radius 1 is 1.50 bits per heavy atom. The van der Waals surface area contributed by atoms with Crippen LogP contribution in [0.25, 0.3) is 0 Å². The number of amides is 1. The molecule has 2 rings (SSSR count). The van der Waals surface area contributed by atoms with E-state index in [4.69, 9.17) is 0 Å². The van der Waals surface area contributed by atoms with E-state index in [0.29, 0.717) is 22.5 Å². The maximum absolute atomic E-state index is 11.8. The first-order chi connectivity index (χ1) is 8.56. The van der Waals surface area contributed by atoms with Crippen molar-refractivity contribution in [2.75, 3.05) is 6.54 Å². The molecule has 0 fully saturated rings. The molecule has 7 heteroatoms. The van der Waals surface area contributed by atoms with E-state index in [1.165, 1.54) is 36.0 Å². The summed E-state index contributed by atoms with van der Waals surface area (Å²) in [7, 11) is 0. The van der Waals surface area contributed by atoms with Crippen LogP contribution in [-0.4, -0.2) is 27.8 Å². The van der Waals surface area contributed by atoms with E-state index in [1.54, 1.807) is 0 Å². The molecule has 1 aromatic carbocycles. The number of carbonyl (C=O) groups excluding carboxylic acids is 1. The van der Waals surface area contributed by atoms with Crippen molar-refractivity contribution in [1.82, 2.24) is 5.32 Å². The molecular weight excluding hydrogens is 254 g/mol. The number of aliphatic imine (C=N–C) groups is 1. The largest absolute Gasteiger partial charge is 0.301 e. The summed E-state index contributed by atoms with van der Waals surface area (Å²) in [4.78, 5) is 26.0. The Morgan fingerprint density at radius 3 is 2.67 bits per heavy atom. The Kier molecular flexibility index (Phi) is 3.61. The SMILES string of the molecule is C[C@@H]1CN=C(NC(=O)c2ccc([N+](=O)[O-])cc2)S1. The number of nitro benzene ring substituents is 1. The molecule has 0 saturated carbocycles. The van der Waals surface area contributed by atoms with E-state index in [2.05, 4.69) is 10.3 Å². The van der Waals surface area contributed by atoms with Crippen LogP contribution < -0.4 is 5.32 Å². The van der Waals surface area contributed by atoms with E-state index in [-0.39, 0.29) is 11.6 Å². The van der Waals surface area contributed by atoms with Crippen LogP contribution in [0, 0.1) is 10.1 Å². The van der Waals surface area contributed by atoms with Crippen LogP contribution in [0.15, 0.2) is 29.3 Å². The van der Waals surface area contributed by atoms with Crippen LogP contribution >= 0.6 is 11.8 Å². The highest BCUT2D eigenvalue weighted by molar-refractivity contribution is 8.14. The van der Waals surface area contributed by atoms with Crippen molar-refractivity contribution in [2.45, 2.75) is 12.2 Å². The van der Waals surface area contributed by atoms with Gasteiger partial charge < -0.3 is 5.32 Å². The highest BCUT2D eigenvalue weighted by Crippen LogP contribution is 2.19. The molecule has 94 valence electrons. The third-order valence-electron chi connectivity index (χ3n) is 2.37. The number of rotatable bonds is 2. The lowest BCUT2D eigenvalue weighted by molar-refractivity contribution is -0.384. The van der Waals surface area contributed by atoms with Gasteiger partial charge in [-0.3, -0.25) is 19.9 Å². The summed E-state index contributed by atoms with van der Waals surface area (Å²) in [5, 5.41) is 14.1. The second-order valence-electron chi connectivity index (χ2n) is 3.83. The summed E-state index contributed by atoms with van der Waals surface area (Å²) in [5.74, 6) is -0.301. The van der Waals surface area contributed by atoms with Crippen molar-refractivity contribution < 1.29 is 9.72 Å². The van der Waals surface area contributed by atoms with Crippen molar-refractivity contribution in [3.8, 4) is 0 Å². The standard InChI is InChI=1S/C11H11N3O3S/c1-7-6-12-11(18-7)13-10(15)8-2-4-9(5-3-8)14(16)17/h2-5,7H,6H2,1H3,(H,12,13,15)/t7-/m1/s1. The Morgan fingerprint density at radius 2 is 2.17 bits per heavy atom. The number of thioether (sulfide) groups is 1. The lowest BCUT2D eigenvalue weighted by Gasteiger charge is -2.04. The third kappa shape index (κ3) is 2.86. The van der Waals surface area contributed by atoms with Gasteiger partial charge in [-0.1, -0.05) is 18.7 Å². The normalized spacial score (nSPS) is 18.3. The summed E-state index contributed by atoms with van der Waals surface area (Å²) in [6, 6.07) is 5.47. The average Bonchev–Trinajstić information content (AvgIpc) is 2.75. The van der Waals surface area contributed by atoms with E-state index >= 15 is 0 Å². The summed E-state index contributed by atoms with van der Waals surface area (Å²) in [5.41, 5.74) is 0.344. The number of benzene rings is 1. The fourth-order valence-corrected chi connectivity index (χ4v) is 2.28. The molecule has 0 radical (unpaired) electrons. The van der Waals surface area contributed by atoms with Gasteiger partial charge in [0.1, 0.15) is 0 Å². The quantitative estimate of drug-likeness (QED) is 0.653. The maximum Gasteiger partial charge on any atom is 0.269 e. The predicted octanol–water partition coefficient (Wildman–Crippen LogP) is 1.82. The first-order valence-corrected chi connectivity index (χ1v) is 6.21. The summed E-state index contributed by atoms with van der Waals surface area (Å²) in [6.45, 7) is 2.72. The second-order valence-corrected chi connectivity index (χ2v) is 5.26. The highest BCUT2D eigenvalue weighted by atomic mass is 32.2. The summed E-state index contributed by atoms with van der Waals surface area (Å²) < 4.78 is 0. The highest BCUT2D eigenvalue weighted by Gasteiger charge is 2.18. The van der Waals surface area contributed by atoms with E-state index in [0.717, 1.165) is 0 Å². The van der Waals surface area contributed by atoms with Crippen LogP contribution in [0.3, 0.4) is 0 Å². The third-order valence-corrected chi connectivity index (χ3v) is 3.37. The molecule has 1 aliphatic heterocycles. The Labute approximate surface area is 108 Å². The van der Waals surface area contributed by atoms with Gasteiger partial charge in [-0.15, -0.1) is 0 Å². The van der Waals surface area contributed by atoms with Gasteiger partial charge in [-0.2, -0.15) is 0 Å². The number of amidine groups is 1. The monoisotopic (exact) mass is 265 g/mol. The number of carbonyl (C=O) groups is 1. The molecule has 0 spiro atoms. The minimum Gasteiger partial charge on any atom is -0.301 e. The first-order valence-electron chi connectivity index (χ1n) is 5.33. The zero-order valence-corrected chi connectivity index (χ0v) is 10.4. The first kappa shape index (κ1) is 12.6. The number of hydrogen-bond donors (Lipinski definition) is 1. The van der Waals surface area contributed by atoms with Gasteiger partial charge in [-0.05, 0) is 12.1 Å².